The minimum atomic E-state index is -0.151. The zero-order chi connectivity index (χ0) is 11.7. The first-order valence-corrected chi connectivity index (χ1v) is 5.37. The molecule has 0 aromatic carbocycles. The van der Waals surface area contributed by atoms with Crippen molar-refractivity contribution in [3.05, 3.63) is 12.2 Å². The largest absolute Gasteiger partial charge is 0.356 e. The van der Waals surface area contributed by atoms with Crippen molar-refractivity contribution in [3.8, 4) is 0 Å². The third-order valence-corrected chi connectivity index (χ3v) is 1.86. The Balaban J connectivity index is 3.36. The van der Waals surface area contributed by atoms with Gasteiger partial charge in [0.05, 0.1) is 0 Å². The van der Waals surface area contributed by atoms with Crippen LogP contribution in [0.3, 0.4) is 0 Å². The van der Waals surface area contributed by atoms with Crippen LogP contribution in [0, 0.1) is 0 Å². The van der Waals surface area contributed by atoms with E-state index in [1.54, 1.807) is 6.92 Å². The van der Waals surface area contributed by atoms with Crippen molar-refractivity contribution in [2.24, 2.45) is 0 Å². The van der Waals surface area contributed by atoms with Gasteiger partial charge >= 0.3 is 0 Å². The summed E-state index contributed by atoms with van der Waals surface area (Å²) in [6.07, 6.45) is 1.03. The molecule has 0 saturated heterocycles. The molecule has 0 bridgehead atoms. The summed E-state index contributed by atoms with van der Waals surface area (Å²) in [6.45, 7) is 6.24. The molecule has 5 heteroatoms. The first kappa shape index (κ1) is 14.0. The van der Waals surface area contributed by atoms with Crippen LogP contribution in [-0.2, 0) is 9.59 Å². The SMILES string of the molecule is C=C(C)C(=O)NCCCNC(=O)CCCl. The van der Waals surface area contributed by atoms with Crippen molar-refractivity contribution in [1.82, 2.24) is 10.6 Å². The highest BCUT2D eigenvalue weighted by Crippen LogP contribution is 1.86. The molecular weight excluding hydrogens is 216 g/mol. The van der Waals surface area contributed by atoms with Gasteiger partial charge in [0.15, 0.2) is 0 Å². The van der Waals surface area contributed by atoms with Gasteiger partial charge in [-0.1, -0.05) is 6.58 Å². The number of rotatable bonds is 7. The third kappa shape index (κ3) is 8.00. The highest BCUT2D eigenvalue weighted by Gasteiger charge is 2.00. The Kier molecular flexibility index (Phi) is 7.72. The van der Waals surface area contributed by atoms with Crippen LogP contribution in [0.15, 0.2) is 12.2 Å². The van der Waals surface area contributed by atoms with E-state index in [1.807, 2.05) is 0 Å². The molecule has 0 aromatic heterocycles. The average molecular weight is 233 g/mol. The molecular formula is C10H17ClN2O2. The maximum absolute atomic E-state index is 11.0. The normalized spacial score (nSPS) is 9.47. The van der Waals surface area contributed by atoms with E-state index in [-0.39, 0.29) is 11.8 Å². The summed E-state index contributed by atoms with van der Waals surface area (Å²) in [5.41, 5.74) is 0.487. The molecule has 86 valence electrons. The number of alkyl halides is 1. The molecule has 0 saturated carbocycles. The Morgan fingerprint density at radius 2 is 1.87 bits per heavy atom. The number of carbonyl (C=O) groups excluding carboxylic acids is 2. The van der Waals surface area contributed by atoms with Crippen LogP contribution < -0.4 is 10.6 Å². The van der Waals surface area contributed by atoms with Crippen molar-refractivity contribution in [1.29, 1.82) is 0 Å². The second-order valence-electron chi connectivity index (χ2n) is 3.18. The van der Waals surface area contributed by atoms with Gasteiger partial charge in [0.1, 0.15) is 0 Å². The van der Waals surface area contributed by atoms with Crippen LogP contribution in [0.5, 0.6) is 0 Å². The van der Waals surface area contributed by atoms with Crippen LogP contribution >= 0.6 is 11.6 Å². The molecule has 2 N–H and O–H groups in total. The van der Waals surface area contributed by atoms with Gasteiger partial charge in [-0.3, -0.25) is 9.59 Å². The fourth-order valence-electron chi connectivity index (χ4n) is 0.843. The lowest BCUT2D eigenvalue weighted by atomic mass is 10.3. The molecule has 0 rings (SSSR count). The summed E-state index contributed by atoms with van der Waals surface area (Å²) in [5.74, 6) is 0.122. The Labute approximate surface area is 95.1 Å². The second kappa shape index (κ2) is 8.29. The summed E-state index contributed by atoms with van der Waals surface area (Å²) >= 11 is 5.39. The maximum atomic E-state index is 11.0. The zero-order valence-corrected chi connectivity index (χ0v) is 9.69. The quantitative estimate of drug-likeness (QED) is 0.388. The molecule has 0 aromatic rings. The highest BCUT2D eigenvalue weighted by atomic mass is 35.5. The van der Waals surface area contributed by atoms with E-state index < -0.39 is 0 Å². The minimum Gasteiger partial charge on any atom is -0.356 e. The van der Waals surface area contributed by atoms with Crippen molar-refractivity contribution in [3.63, 3.8) is 0 Å². The standard InChI is InChI=1S/C10H17ClN2O2/c1-8(2)10(15)13-7-3-6-12-9(14)4-5-11/h1,3-7H2,2H3,(H,12,14)(H,13,15). The molecule has 4 nitrogen and oxygen atoms in total. The summed E-state index contributed by atoms with van der Waals surface area (Å²) < 4.78 is 0. The molecule has 0 radical (unpaired) electrons. The van der Waals surface area contributed by atoms with Gasteiger partial charge in [-0.25, -0.2) is 0 Å². The molecule has 2 amide bonds. The molecule has 0 aliphatic heterocycles. The first-order chi connectivity index (χ1) is 7.07. The Hall–Kier alpha value is -1.03. The molecule has 0 heterocycles. The number of nitrogens with one attached hydrogen (secondary N) is 2. The van der Waals surface area contributed by atoms with E-state index in [2.05, 4.69) is 17.2 Å². The van der Waals surface area contributed by atoms with Crippen molar-refractivity contribution >= 4 is 23.4 Å². The van der Waals surface area contributed by atoms with Gasteiger partial charge in [-0.2, -0.15) is 0 Å². The zero-order valence-electron chi connectivity index (χ0n) is 8.94. The van der Waals surface area contributed by atoms with Crippen molar-refractivity contribution < 1.29 is 9.59 Å². The fraction of sp³-hybridized carbons (Fsp3) is 0.600. The highest BCUT2D eigenvalue weighted by molar-refractivity contribution is 6.18. The van der Waals surface area contributed by atoms with Crippen LogP contribution in [0.2, 0.25) is 0 Å². The lowest BCUT2D eigenvalue weighted by Crippen LogP contribution is -2.30. The molecule has 0 atom stereocenters. The van der Waals surface area contributed by atoms with E-state index in [0.717, 1.165) is 0 Å². The van der Waals surface area contributed by atoms with Crippen molar-refractivity contribution in [2.45, 2.75) is 19.8 Å². The minimum absolute atomic E-state index is 0.0590. The molecule has 0 aliphatic rings. The van der Waals surface area contributed by atoms with Crippen LogP contribution in [0.25, 0.3) is 0 Å². The number of halogens is 1. The summed E-state index contributed by atoms with van der Waals surface area (Å²) in [6, 6.07) is 0. The Bertz CT molecular complexity index is 242. The van der Waals surface area contributed by atoms with E-state index in [1.165, 1.54) is 0 Å². The molecule has 15 heavy (non-hydrogen) atoms. The molecule has 0 spiro atoms. The van der Waals surface area contributed by atoms with Gasteiger partial charge in [-0.15, -0.1) is 11.6 Å². The number of hydrogen-bond donors (Lipinski definition) is 2. The van der Waals surface area contributed by atoms with E-state index >= 15 is 0 Å². The number of amides is 2. The Morgan fingerprint density at radius 3 is 2.40 bits per heavy atom. The van der Waals surface area contributed by atoms with Crippen LogP contribution in [0.1, 0.15) is 19.8 Å². The fourth-order valence-corrected chi connectivity index (χ4v) is 1.01. The predicted octanol–water partition coefficient (Wildman–Crippen LogP) is 0.814. The lowest BCUT2D eigenvalue weighted by molar-refractivity contribution is -0.120. The van der Waals surface area contributed by atoms with Crippen LogP contribution in [-0.4, -0.2) is 30.8 Å². The second-order valence-corrected chi connectivity index (χ2v) is 3.56. The van der Waals surface area contributed by atoms with Crippen LogP contribution in [0.4, 0.5) is 0 Å². The topological polar surface area (TPSA) is 58.2 Å². The van der Waals surface area contributed by atoms with E-state index in [9.17, 15) is 9.59 Å². The smallest absolute Gasteiger partial charge is 0.246 e. The van der Waals surface area contributed by atoms with Gasteiger partial charge < -0.3 is 10.6 Å². The number of hydrogen-bond acceptors (Lipinski definition) is 2. The third-order valence-electron chi connectivity index (χ3n) is 1.67. The Morgan fingerprint density at radius 1 is 1.27 bits per heavy atom. The molecule has 0 unspecified atom stereocenters. The van der Waals surface area contributed by atoms with E-state index in [0.29, 0.717) is 37.4 Å². The maximum Gasteiger partial charge on any atom is 0.246 e. The summed E-state index contributed by atoms with van der Waals surface area (Å²) in [7, 11) is 0. The molecule has 0 fully saturated rings. The van der Waals surface area contributed by atoms with Gasteiger partial charge in [0, 0.05) is 31.0 Å². The average Bonchev–Trinajstić information content (AvgIpc) is 2.17. The van der Waals surface area contributed by atoms with E-state index in [4.69, 9.17) is 11.6 Å². The lowest BCUT2D eigenvalue weighted by Gasteiger charge is -2.05. The predicted molar refractivity (Wildman–Crippen MR) is 60.8 cm³/mol. The number of carbonyl (C=O) groups is 2. The summed E-state index contributed by atoms with van der Waals surface area (Å²) in [4.78, 5) is 22.0. The van der Waals surface area contributed by atoms with Gasteiger partial charge in [0.2, 0.25) is 11.8 Å². The summed E-state index contributed by atoms with van der Waals surface area (Å²) in [5, 5.41) is 5.36. The van der Waals surface area contributed by atoms with Crippen molar-refractivity contribution in [2.75, 3.05) is 19.0 Å². The monoisotopic (exact) mass is 232 g/mol. The first-order valence-electron chi connectivity index (χ1n) is 4.84. The van der Waals surface area contributed by atoms with Gasteiger partial charge in [0.25, 0.3) is 0 Å². The van der Waals surface area contributed by atoms with Gasteiger partial charge in [-0.05, 0) is 13.3 Å². The molecule has 0 aliphatic carbocycles.